The highest BCUT2D eigenvalue weighted by Crippen LogP contribution is 2.37. The number of halogens is 2. The third kappa shape index (κ3) is 2.52. The van der Waals surface area contributed by atoms with Gasteiger partial charge in [-0.3, -0.25) is 4.79 Å². The number of aliphatic hydroxyl groups excluding tert-OH is 1. The molecule has 0 radical (unpaired) electrons. The van der Waals surface area contributed by atoms with E-state index in [2.05, 4.69) is 0 Å². The SMILES string of the molecule is O=C(c1ccc(F)cc1)C1COc2ccc(F)cc2C1O. The van der Waals surface area contributed by atoms with E-state index in [-0.39, 0.29) is 23.5 Å². The van der Waals surface area contributed by atoms with Crippen molar-refractivity contribution in [3.8, 4) is 5.75 Å². The predicted octanol–water partition coefficient (Wildman–Crippen LogP) is 2.89. The molecular formula is C16H12F2O3. The minimum Gasteiger partial charge on any atom is -0.492 e. The Hall–Kier alpha value is -2.27. The number of Topliss-reactive ketones (excluding diaryl/α,β-unsaturated/α-hetero) is 1. The second-order valence-electron chi connectivity index (χ2n) is 4.92. The Kier molecular flexibility index (Phi) is 3.43. The molecule has 0 saturated carbocycles. The van der Waals surface area contributed by atoms with Crippen LogP contribution in [0.25, 0.3) is 0 Å². The van der Waals surface area contributed by atoms with Crippen LogP contribution < -0.4 is 4.74 Å². The zero-order chi connectivity index (χ0) is 15.0. The van der Waals surface area contributed by atoms with Crippen LogP contribution >= 0.6 is 0 Å². The summed E-state index contributed by atoms with van der Waals surface area (Å²) in [6, 6.07) is 8.87. The first-order valence-electron chi connectivity index (χ1n) is 6.46. The van der Waals surface area contributed by atoms with Crippen LogP contribution in [0, 0.1) is 17.6 Å². The number of hydrogen-bond donors (Lipinski definition) is 1. The highest BCUT2D eigenvalue weighted by molar-refractivity contribution is 5.98. The van der Waals surface area contributed by atoms with E-state index in [1.165, 1.54) is 36.4 Å². The molecule has 1 aliphatic rings. The predicted molar refractivity (Wildman–Crippen MR) is 71.1 cm³/mol. The average Bonchev–Trinajstić information content (AvgIpc) is 2.48. The zero-order valence-corrected chi connectivity index (χ0v) is 10.9. The third-order valence-electron chi connectivity index (χ3n) is 3.56. The summed E-state index contributed by atoms with van der Waals surface area (Å²) in [6.07, 6.45) is -1.15. The molecule has 0 bridgehead atoms. The van der Waals surface area contributed by atoms with Gasteiger partial charge in [0.1, 0.15) is 24.0 Å². The van der Waals surface area contributed by atoms with Crippen molar-refractivity contribution in [2.24, 2.45) is 5.92 Å². The summed E-state index contributed by atoms with van der Waals surface area (Å²) in [5.74, 6) is -1.79. The fourth-order valence-corrected chi connectivity index (χ4v) is 2.42. The summed E-state index contributed by atoms with van der Waals surface area (Å²) in [5.41, 5.74) is 0.533. The second-order valence-corrected chi connectivity index (χ2v) is 4.92. The molecule has 0 aliphatic carbocycles. The molecule has 3 nitrogen and oxygen atoms in total. The quantitative estimate of drug-likeness (QED) is 0.865. The smallest absolute Gasteiger partial charge is 0.172 e. The minimum absolute atomic E-state index is 0.00396. The Bertz CT molecular complexity index is 682. The third-order valence-corrected chi connectivity index (χ3v) is 3.56. The number of hydrogen-bond acceptors (Lipinski definition) is 3. The van der Waals surface area contributed by atoms with Crippen LogP contribution in [-0.4, -0.2) is 17.5 Å². The van der Waals surface area contributed by atoms with E-state index in [0.29, 0.717) is 5.75 Å². The topological polar surface area (TPSA) is 46.5 Å². The normalized spacial score (nSPS) is 20.5. The summed E-state index contributed by atoms with van der Waals surface area (Å²) < 4.78 is 31.6. The van der Waals surface area contributed by atoms with Crippen molar-refractivity contribution in [1.29, 1.82) is 0 Å². The molecule has 2 aromatic carbocycles. The van der Waals surface area contributed by atoms with E-state index in [4.69, 9.17) is 4.74 Å². The lowest BCUT2D eigenvalue weighted by Gasteiger charge is -2.29. The summed E-state index contributed by atoms with van der Waals surface area (Å²) in [6.45, 7) is -0.00396. The van der Waals surface area contributed by atoms with E-state index in [0.717, 1.165) is 6.07 Å². The van der Waals surface area contributed by atoms with Crippen molar-refractivity contribution in [3.63, 3.8) is 0 Å². The van der Waals surface area contributed by atoms with Gasteiger partial charge in [0.25, 0.3) is 0 Å². The van der Waals surface area contributed by atoms with Crippen LogP contribution in [0.5, 0.6) is 5.75 Å². The molecule has 2 aromatic rings. The van der Waals surface area contributed by atoms with E-state index < -0.39 is 23.7 Å². The number of aliphatic hydroxyl groups is 1. The second kappa shape index (κ2) is 5.26. The van der Waals surface area contributed by atoms with Crippen LogP contribution in [0.1, 0.15) is 22.0 Å². The van der Waals surface area contributed by atoms with Gasteiger partial charge in [-0.2, -0.15) is 0 Å². The van der Waals surface area contributed by atoms with Gasteiger partial charge in [0.2, 0.25) is 0 Å². The minimum atomic E-state index is -1.15. The lowest BCUT2D eigenvalue weighted by atomic mass is 9.87. The molecule has 2 atom stereocenters. The van der Waals surface area contributed by atoms with Crippen molar-refractivity contribution in [1.82, 2.24) is 0 Å². The Balaban J connectivity index is 1.90. The molecule has 1 N–H and O–H groups in total. The molecule has 2 unspecified atom stereocenters. The van der Waals surface area contributed by atoms with Gasteiger partial charge in [-0.25, -0.2) is 8.78 Å². The number of carbonyl (C=O) groups is 1. The van der Waals surface area contributed by atoms with Gasteiger partial charge in [0.05, 0.1) is 12.0 Å². The highest BCUT2D eigenvalue weighted by atomic mass is 19.1. The number of rotatable bonds is 2. The molecule has 3 rings (SSSR count). The Morgan fingerprint density at radius 2 is 1.76 bits per heavy atom. The van der Waals surface area contributed by atoms with Crippen molar-refractivity contribution < 1.29 is 23.4 Å². The van der Waals surface area contributed by atoms with Crippen molar-refractivity contribution in [2.75, 3.05) is 6.61 Å². The molecule has 108 valence electrons. The van der Waals surface area contributed by atoms with Gasteiger partial charge in [0, 0.05) is 11.1 Å². The molecule has 0 fully saturated rings. The van der Waals surface area contributed by atoms with Crippen LogP contribution in [0.4, 0.5) is 8.78 Å². The van der Waals surface area contributed by atoms with Gasteiger partial charge >= 0.3 is 0 Å². The van der Waals surface area contributed by atoms with Crippen LogP contribution in [-0.2, 0) is 0 Å². The first-order valence-corrected chi connectivity index (χ1v) is 6.46. The average molecular weight is 290 g/mol. The highest BCUT2D eigenvalue weighted by Gasteiger charge is 2.35. The molecule has 0 amide bonds. The van der Waals surface area contributed by atoms with Crippen molar-refractivity contribution in [2.45, 2.75) is 6.10 Å². The molecule has 0 saturated heterocycles. The number of benzene rings is 2. The lowest BCUT2D eigenvalue weighted by Crippen LogP contribution is -2.32. The summed E-state index contributed by atoms with van der Waals surface area (Å²) >= 11 is 0. The van der Waals surface area contributed by atoms with E-state index >= 15 is 0 Å². The summed E-state index contributed by atoms with van der Waals surface area (Å²) in [7, 11) is 0. The fourth-order valence-electron chi connectivity index (χ4n) is 2.42. The molecule has 1 heterocycles. The molecular weight excluding hydrogens is 278 g/mol. The number of fused-ring (bicyclic) bond motifs is 1. The Morgan fingerprint density at radius 1 is 1.10 bits per heavy atom. The van der Waals surface area contributed by atoms with Crippen LogP contribution in [0.2, 0.25) is 0 Å². The fraction of sp³-hybridized carbons (Fsp3) is 0.188. The largest absolute Gasteiger partial charge is 0.492 e. The number of carbonyl (C=O) groups excluding carboxylic acids is 1. The Labute approximate surface area is 119 Å². The summed E-state index contributed by atoms with van der Waals surface area (Å²) in [5, 5.41) is 10.3. The van der Waals surface area contributed by atoms with Crippen molar-refractivity contribution in [3.05, 3.63) is 65.2 Å². The van der Waals surface area contributed by atoms with Crippen LogP contribution in [0.3, 0.4) is 0 Å². The standard InChI is InChI=1S/C16H12F2O3/c17-10-3-1-9(2-4-10)15(19)13-8-21-14-6-5-11(18)7-12(14)16(13)20/h1-7,13,16,20H,8H2. The maximum absolute atomic E-state index is 13.3. The van der Waals surface area contributed by atoms with E-state index in [9.17, 15) is 18.7 Å². The molecule has 21 heavy (non-hydrogen) atoms. The molecule has 0 spiro atoms. The number of ketones is 1. The maximum atomic E-state index is 13.3. The molecule has 1 aliphatic heterocycles. The lowest BCUT2D eigenvalue weighted by molar-refractivity contribution is 0.0415. The van der Waals surface area contributed by atoms with Gasteiger partial charge in [-0.05, 0) is 42.5 Å². The molecule has 5 heteroatoms. The first kappa shape index (κ1) is 13.7. The zero-order valence-electron chi connectivity index (χ0n) is 10.9. The number of ether oxygens (including phenoxy) is 1. The maximum Gasteiger partial charge on any atom is 0.172 e. The van der Waals surface area contributed by atoms with Crippen molar-refractivity contribution >= 4 is 5.78 Å². The van der Waals surface area contributed by atoms with Gasteiger partial charge in [-0.15, -0.1) is 0 Å². The van der Waals surface area contributed by atoms with Gasteiger partial charge in [0.15, 0.2) is 5.78 Å². The van der Waals surface area contributed by atoms with E-state index in [1.54, 1.807) is 0 Å². The molecule has 0 aromatic heterocycles. The van der Waals surface area contributed by atoms with E-state index in [1.807, 2.05) is 0 Å². The Morgan fingerprint density at radius 3 is 2.48 bits per heavy atom. The monoisotopic (exact) mass is 290 g/mol. The first-order chi connectivity index (χ1) is 10.1. The van der Waals surface area contributed by atoms with Crippen LogP contribution in [0.15, 0.2) is 42.5 Å². The van der Waals surface area contributed by atoms with Gasteiger partial charge in [-0.1, -0.05) is 0 Å². The summed E-state index contributed by atoms with van der Waals surface area (Å²) in [4.78, 5) is 12.4. The van der Waals surface area contributed by atoms with Gasteiger partial charge < -0.3 is 9.84 Å².